The summed E-state index contributed by atoms with van der Waals surface area (Å²) in [4.78, 5) is 9.52. The zero-order chi connectivity index (χ0) is 5.11. The molecular weight excluding hydrogens is 96.0 g/mol. The van der Waals surface area contributed by atoms with Crippen LogP contribution in [0.4, 0.5) is 5.69 Å². The number of nitroso groups, excluding NO2 is 1. The molecule has 1 aromatic rings. The minimum absolute atomic E-state index is 0.222. The second-order valence-electron chi connectivity index (χ2n) is 0.974. The fourth-order valence-electron chi connectivity index (χ4n) is 0.244. The van der Waals surface area contributed by atoms with Crippen LogP contribution in [0, 0.1) is 4.91 Å². The van der Waals surface area contributed by atoms with E-state index in [1.165, 1.54) is 12.5 Å². The lowest BCUT2D eigenvalue weighted by Crippen LogP contribution is -1.43. The van der Waals surface area contributed by atoms with Crippen molar-refractivity contribution >= 4 is 5.69 Å². The summed E-state index contributed by atoms with van der Waals surface area (Å²) < 4.78 is 4.26. The van der Waals surface area contributed by atoms with Crippen molar-refractivity contribution < 1.29 is 4.52 Å². The Morgan fingerprint density at radius 3 is 3.00 bits per heavy atom. The zero-order valence-electron chi connectivity index (χ0n) is 3.37. The largest absolute Gasteiger partial charge is 0.362 e. The van der Waals surface area contributed by atoms with Gasteiger partial charge in [-0.1, -0.05) is 5.16 Å². The molecule has 0 N–H and O–H groups in total. The van der Waals surface area contributed by atoms with E-state index in [1.807, 2.05) is 0 Å². The summed E-state index contributed by atoms with van der Waals surface area (Å²) in [5, 5.41) is 5.75. The number of rotatable bonds is 1. The third-order valence-electron chi connectivity index (χ3n) is 0.525. The Morgan fingerprint density at radius 2 is 2.71 bits per heavy atom. The van der Waals surface area contributed by atoms with Crippen LogP contribution in [0.15, 0.2) is 22.2 Å². The normalized spacial score (nSPS) is 8.57. The predicted molar refractivity (Wildman–Crippen MR) is 22.0 cm³/mol. The van der Waals surface area contributed by atoms with Crippen LogP contribution in [0.1, 0.15) is 0 Å². The molecule has 0 saturated carbocycles. The van der Waals surface area contributed by atoms with E-state index < -0.39 is 0 Å². The minimum atomic E-state index is 0.222. The Hall–Kier alpha value is -1.19. The molecule has 0 spiro atoms. The van der Waals surface area contributed by atoms with Crippen LogP contribution in [0.25, 0.3) is 0 Å². The van der Waals surface area contributed by atoms with Gasteiger partial charge in [-0.3, -0.25) is 0 Å². The average Bonchev–Trinajstić information content (AvgIpc) is 2.14. The first-order valence-electron chi connectivity index (χ1n) is 1.66. The lowest BCUT2D eigenvalue weighted by atomic mass is 10.6. The molecular formula is C3H2N2O2. The van der Waals surface area contributed by atoms with Gasteiger partial charge in [0.2, 0.25) is 0 Å². The molecule has 0 radical (unpaired) electrons. The lowest BCUT2D eigenvalue weighted by Gasteiger charge is -1.60. The molecule has 0 unspecified atom stereocenters. The van der Waals surface area contributed by atoms with E-state index >= 15 is 0 Å². The van der Waals surface area contributed by atoms with Crippen molar-refractivity contribution in [2.75, 3.05) is 0 Å². The highest BCUT2D eigenvalue weighted by molar-refractivity contribution is 5.26. The molecule has 4 heteroatoms. The van der Waals surface area contributed by atoms with Crippen LogP contribution in [0.3, 0.4) is 0 Å². The minimum Gasteiger partial charge on any atom is -0.362 e. The SMILES string of the molecule is O=Nc1cnoc1. The molecule has 1 rings (SSSR count). The summed E-state index contributed by atoms with van der Waals surface area (Å²) in [6.07, 6.45) is 2.42. The molecule has 36 valence electrons. The molecule has 1 heterocycles. The van der Waals surface area contributed by atoms with Gasteiger partial charge in [-0.2, -0.15) is 0 Å². The molecule has 1 aromatic heterocycles. The van der Waals surface area contributed by atoms with Crippen LogP contribution in [-0.2, 0) is 0 Å². The van der Waals surface area contributed by atoms with Crippen molar-refractivity contribution in [2.24, 2.45) is 5.18 Å². The smallest absolute Gasteiger partial charge is 0.167 e. The molecule has 0 fully saturated rings. The summed E-state index contributed by atoms with van der Waals surface area (Å²) in [5.74, 6) is 0. The summed E-state index contributed by atoms with van der Waals surface area (Å²) in [7, 11) is 0. The topological polar surface area (TPSA) is 55.5 Å². The summed E-state index contributed by atoms with van der Waals surface area (Å²) in [5.41, 5.74) is 0.222. The van der Waals surface area contributed by atoms with E-state index in [4.69, 9.17) is 0 Å². The van der Waals surface area contributed by atoms with E-state index in [2.05, 4.69) is 14.9 Å². The monoisotopic (exact) mass is 98.0 g/mol. The summed E-state index contributed by atoms with van der Waals surface area (Å²) >= 11 is 0. The van der Waals surface area contributed by atoms with Gasteiger partial charge in [0, 0.05) is 0 Å². The highest BCUT2D eigenvalue weighted by atomic mass is 16.5. The second kappa shape index (κ2) is 1.51. The van der Waals surface area contributed by atoms with Crippen molar-refractivity contribution in [3.05, 3.63) is 17.4 Å². The van der Waals surface area contributed by atoms with Gasteiger partial charge in [0.15, 0.2) is 12.0 Å². The van der Waals surface area contributed by atoms with Gasteiger partial charge in [-0.05, 0) is 5.18 Å². The van der Waals surface area contributed by atoms with Crippen LogP contribution >= 0.6 is 0 Å². The molecule has 0 atom stereocenters. The Labute approximate surface area is 39.1 Å². The Bertz CT molecular complexity index is 146. The molecule has 0 aromatic carbocycles. The quantitative estimate of drug-likeness (QED) is 0.493. The first kappa shape index (κ1) is 3.98. The van der Waals surface area contributed by atoms with Crippen LogP contribution in [-0.4, -0.2) is 5.16 Å². The van der Waals surface area contributed by atoms with Crippen molar-refractivity contribution in [3.63, 3.8) is 0 Å². The molecule has 7 heavy (non-hydrogen) atoms. The highest BCUT2D eigenvalue weighted by Crippen LogP contribution is 2.05. The van der Waals surface area contributed by atoms with Gasteiger partial charge >= 0.3 is 0 Å². The lowest BCUT2D eigenvalue weighted by molar-refractivity contribution is 0.420. The summed E-state index contributed by atoms with van der Waals surface area (Å²) in [6, 6.07) is 0. The van der Waals surface area contributed by atoms with E-state index in [-0.39, 0.29) is 5.69 Å². The van der Waals surface area contributed by atoms with Gasteiger partial charge in [-0.15, -0.1) is 4.91 Å². The fraction of sp³-hybridized carbons (Fsp3) is 0. The third-order valence-corrected chi connectivity index (χ3v) is 0.525. The van der Waals surface area contributed by atoms with Gasteiger partial charge < -0.3 is 4.52 Å². The first-order chi connectivity index (χ1) is 3.43. The third kappa shape index (κ3) is 0.623. The maximum absolute atomic E-state index is 9.52. The van der Waals surface area contributed by atoms with E-state index in [1.54, 1.807) is 0 Å². The van der Waals surface area contributed by atoms with Crippen molar-refractivity contribution in [2.45, 2.75) is 0 Å². The van der Waals surface area contributed by atoms with Gasteiger partial charge in [0.1, 0.15) is 0 Å². The van der Waals surface area contributed by atoms with E-state index in [9.17, 15) is 4.91 Å². The number of aromatic nitrogens is 1. The first-order valence-corrected chi connectivity index (χ1v) is 1.66. The zero-order valence-corrected chi connectivity index (χ0v) is 3.37. The Balaban J connectivity index is 2.96. The average molecular weight is 98.1 g/mol. The second-order valence-corrected chi connectivity index (χ2v) is 0.974. The molecule has 0 bridgehead atoms. The highest BCUT2D eigenvalue weighted by Gasteiger charge is 1.87. The van der Waals surface area contributed by atoms with Crippen LogP contribution in [0.5, 0.6) is 0 Å². The van der Waals surface area contributed by atoms with E-state index in [0.29, 0.717) is 0 Å². The number of hydrogen-bond acceptors (Lipinski definition) is 4. The van der Waals surface area contributed by atoms with Crippen molar-refractivity contribution in [1.82, 2.24) is 5.16 Å². The molecule has 0 saturated heterocycles. The van der Waals surface area contributed by atoms with E-state index in [0.717, 1.165) is 0 Å². The van der Waals surface area contributed by atoms with Crippen molar-refractivity contribution in [3.8, 4) is 0 Å². The maximum Gasteiger partial charge on any atom is 0.167 e. The molecule has 4 nitrogen and oxygen atoms in total. The predicted octanol–water partition coefficient (Wildman–Crippen LogP) is 1.07. The van der Waals surface area contributed by atoms with Crippen LogP contribution < -0.4 is 0 Å². The van der Waals surface area contributed by atoms with Crippen LogP contribution in [0.2, 0.25) is 0 Å². The maximum atomic E-state index is 9.52. The summed E-state index contributed by atoms with van der Waals surface area (Å²) in [6.45, 7) is 0. The Kier molecular flexibility index (Phi) is 0.856. The van der Waals surface area contributed by atoms with Gasteiger partial charge in [0.25, 0.3) is 0 Å². The fourth-order valence-corrected chi connectivity index (χ4v) is 0.244. The van der Waals surface area contributed by atoms with Gasteiger partial charge in [-0.25, -0.2) is 0 Å². The number of nitrogens with zero attached hydrogens (tertiary/aromatic N) is 2. The molecule has 0 aliphatic carbocycles. The Morgan fingerprint density at radius 1 is 1.86 bits per heavy atom. The van der Waals surface area contributed by atoms with Gasteiger partial charge in [0.05, 0.1) is 6.20 Å². The van der Waals surface area contributed by atoms with Crippen molar-refractivity contribution in [1.29, 1.82) is 0 Å². The standard InChI is InChI=1S/C3H2N2O2/c6-5-3-1-4-7-2-3/h1-2H. The molecule has 0 aliphatic rings. The molecule has 0 amide bonds. The molecule has 0 aliphatic heterocycles. The number of hydrogen-bond donors (Lipinski definition) is 0.